The minimum Gasteiger partial charge on any atom is -0.379 e. The van der Waals surface area contributed by atoms with Crippen LogP contribution in [0, 0.1) is 11.3 Å². The highest BCUT2D eigenvalue weighted by atomic mass is 16.5. The molecule has 3 heteroatoms. The van der Waals surface area contributed by atoms with Crippen molar-refractivity contribution >= 4 is 0 Å². The van der Waals surface area contributed by atoms with Gasteiger partial charge in [-0.25, -0.2) is 0 Å². The molecule has 1 aliphatic carbocycles. The monoisotopic (exact) mass is 184 g/mol. The Kier molecular flexibility index (Phi) is 2.58. The van der Waals surface area contributed by atoms with Gasteiger partial charge in [0.15, 0.2) is 0 Å². The molecule has 0 aromatic rings. The van der Waals surface area contributed by atoms with Gasteiger partial charge in [-0.05, 0) is 25.3 Å². The summed E-state index contributed by atoms with van der Waals surface area (Å²) >= 11 is 0. The maximum atomic E-state index is 5.98. The lowest BCUT2D eigenvalue weighted by molar-refractivity contribution is 0.158. The molecule has 1 aliphatic heterocycles. The Morgan fingerprint density at radius 3 is 2.85 bits per heavy atom. The molecule has 2 aliphatic rings. The third kappa shape index (κ3) is 2.22. The highest BCUT2D eigenvalue weighted by Crippen LogP contribution is 2.29. The summed E-state index contributed by atoms with van der Waals surface area (Å²) in [6.45, 7) is 5.92. The Bertz CT molecular complexity index is 182. The van der Waals surface area contributed by atoms with Gasteiger partial charge in [0.25, 0.3) is 0 Å². The molecule has 2 rings (SSSR count). The van der Waals surface area contributed by atoms with Gasteiger partial charge in [-0.3, -0.25) is 0 Å². The molecule has 1 heterocycles. The molecule has 1 saturated heterocycles. The minimum atomic E-state index is 0.162. The highest BCUT2D eigenvalue weighted by Gasteiger charge is 2.37. The van der Waals surface area contributed by atoms with Crippen molar-refractivity contribution in [2.24, 2.45) is 17.1 Å². The van der Waals surface area contributed by atoms with E-state index in [-0.39, 0.29) is 11.5 Å². The molecule has 3 nitrogen and oxygen atoms in total. The largest absolute Gasteiger partial charge is 0.379 e. The number of ether oxygens (including phenoxy) is 1. The van der Waals surface area contributed by atoms with Crippen LogP contribution in [-0.2, 0) is 4.74 Å². The zero-order valence-corrected chi connectivity index (χ0v) is 8.38. The smallest absolute Gasteiger partial charge is 0.0624 e. The van der Waals surface area contributed by atoms with E-state index in [0.29, 0.717) is 0 Å². The van der Waals surface area contributed by atoms with Gasteiger partial charge < -0.3 is 15.8 Å². The van der Waals surface area contributed by atoms with Gasteiger partial charge in [0.2, 0.25) is 0 Å². The lowest BCUT2D eigenvalue weighted by Gasteiger charge is -2.27. The summed E-state index contributed by atoms with van der Waals surface area (Å²) in [6, 6.07) is 0.208. The highest BCUT2D eigenvalue weighted by molar-refractivity contribution is 4.92. The Balaban J connectivity index is 1.71. The van der Waals surface area contributed by atoms with Crippen molar-refractivity contribution in [2.45, 2.75) is 25.8 Å². The summed E-state index contributed by atoms with van der Waals surface area (Å²) in [6.07, 6.45) is 2.82. The predicted octanol–water partition coefficient (Wildman–Crippen LogP) is 0.350. The van der Waals surface area contributed by atoms with Crippen molar-refractivity contribution in [2.75, 3.05) is 26.3 Å². The molecular weight excluding hydrogens is 164 g/mol. The lowest BCUT2D eigenvalue weighted by atomic mass is 9.86. The Morgan fingerprint density at radius 1 is 1.54 bits per heavy atom. The summed E-state index contributed by atoms with van der Waals surface area (Å²) in [5.74, 6) is 0.946. The van der Waals surface area contributed by atoms with Gasteiger partial charge in [0.1, 0.15) is 0 Å². The van der Waals surface area contributed by atoms with Gasteiger partial charge in [-0.1, -0.05) is 6.92 Å². The molecule has 76 valence electrons. The Labute approximate surface area is 80.0 Å². The van der Waals surface area contributed by atoms with E-state index < -0.39 is 0 Å². The van der Waals surface area contributed by atoms with Gasteiger partial charge in [0, 0.05) is 18.0 Å². The van der Waals surface area contributed by atoms with Crippen molar-refractivity contribution in [3.63, 3.8) is 0 Å². The second kappa shape index (κ2) is 3.56. The van der Waals surface area contributed by atoms with Gasteiger partial charge in [-0.2, -0.15) is 0 Å². The van der Waals surface area contributed by atoms with Crippen LogP contribution in [0.5, 0.6) is 0 Å². The first-order chi connectivity index (χ1) is 6.21. The zero-order chi connectivity index (χ0) is 9.31. The molecule has 0 spiro atoms. The second-order valence-electron chi connectivity index (χ2n) is 4.85. The average molecular weight is 184 g/mol. The molecule has 0 radical (unpaired) electrons. The fraction of sp³-hybridized carbons (Fsp3) is 1.00. The van der Waals surface area contributed by atoms with E-state index in [1.807, 2.05) is 0 Å². The van der Waals surface area contributed by atoms with E-state index >= 15 is 0 Å². The Hall–Kier alpha value is -0.120. The minimum absolute atomic E-state index is 0.162. The molecule has 0 aromatic heterocycles. The standard InChI is InChI=1S/C10H20N2O/c1-10(7-13-5-9(10)11)6-12-4-8-2-3-8/h8-9,12H,2-7,11H2,1H3. The summed E-state index contributed by atoms with van der Waals surface area (Å²) in [7, 11) is 0. The molecule has 1 saturated carbocycles. The first-order valence-electron chi connectivity index (χ1n) is 5.25. The molecule has 13 heavy (non-hydrogen) atoms. The van der Waals surface area contributed by atoms with Crippen LogP contribution in [0.4, 0.5) is 0 Å². The molecule has 3 N–H and O–H groups in total. The SMILES string of the molecule is CC1(CNCC2CC2)COCC1N. The normalized spacial score (nSPS) is 39.7. The molecule has 0 bridgehead atoms. The lowest BCUT2D eigenvalue weighted by Crippen LogP contribution is -2.45. The maximum Gasteiger partial charge on any atom is 0.0624 e. The van der Waals surface area contributed by atoms with Crippen LogP contribution in [0.1, 0.15) is 19.8 Å². The van der Waals surface area contributed by atoms with Gasteiger partial charge in [-0.15, -0.1) is 0 Å². The maximum absolute atomic E-state index is 5.98. The summed E-state index contributed by atoms with van der Waals surface area (Å²) in [5, 5.41) is 3.50. The summed E-state index contributed by atoms with van der Waals surface area (Å²) in [4.78, 5) is 0. The molecule has 0 aromatic carbocycles. The van der Waals surface area contributed by atoms with Crippen molar-refractivity contribution in [3.05, 3.63) is 0 Å². The number of rotatable bonds is 4. The van der Waals surface area contributed by atoms with Crippen LogP contribution < -0.4 is 11.1 Å². The van der Waals surface area contributed by atoms with Crippen LogP contribution in [0.25, 0.3) is 0 Å². The molecule has 2 fully saturated rings. The second-order valence-corrected chi connectivity index (χ2v) is 4.85. The van der Waals surface area contributed by atoms with Crippen molar-refractivity contribution in [1.29, 1.82) is 0 Å². The fourth-order valence-electron chi connectivity index (χ4n) is 1.79. The van der Waals surface area contributed by atoms with Crippen LogP contribution in [0.3, 0.4) is 0 Å². The van der Waals surface area contributed by atoms with Crippen LogP contribution >= 0.6 is 0 Å². The van der Waals surface area contributed by atoms with E-state index in [2.05, 4.69) is 12.2 Å². The summed E-state index contributed by atoms with van der Waals surface area (Å²) in [5.41, 5.74) is 6.14. The van der Waals surface area contributed by atoms with E-state index in [1.54, 1.807) is 0 Å². The third-order valence-electron chi connectivity index (χ3n) is 3.28. The first kappa shape index (κ1) is 9.44. The fourth-order valence-corrected chi connectivity index (χ4v) is 1.79. The van der Waals surface area contributed by atoms with Crippen LogP contribution in [0.2, 0.25) is 0 Å². The third-order valence-corrected chi connectivity index (χ3v) is 3.28. The van der Waals surface area contributed by atoms with Crippen molar-refractivity contribution < 1.29 is 4.74 Å². The first-order valence-corrected chi connectivity index (χ1v) is 5.25. The molecule has 0 amide bonds. The van der Waals surface area contributed by atoms with Gasteiger partial charge in [0.05, 0.1) is 13.2 Å². The van der Waals surface area contributed by atoms with E-state index in [4.69, 9.17) is 10.5 Å². The van der Waals surface area contributed by atoms with Gasteiger partial charge >= 0.3 is 0 Å². The van der Waals surface area contributed by atoms with E-state index in [0.717, 1.165) is 25.7 Å². The average Bonchev–Trinajstić information content (AvgIpc) is 2.83. The topological polar surface area (TPSA) is 47.3 Å². The quantitative estimate of drug-likeness (QED) is 0.663. The van der Waals surface area contributed by atoms with Crippen LogP contribution in [0.15, 0.2) is 0 Å². The number of hydrogen-bond donors (Lipinski definition) is 2. The number of hydrogen-bond acceptors (Lipinski definition) is 3. The zero-order valence-electron chi connectivity index (χ0n) is 8.38. The van der Waals surface area contributed by atoms with Crippen LogP contribution in [-0.4, -0.2) is 32.3 Å². The van der Waals surface area contributed by atoms with Crippen molar-refractivity contribution in [3.8, 4) is 0 Å². The van der Waals surface area contributed by atoms with E-state index in [1.165, 1.54) is 19.4 Å². The Morgan fingerprint density at radius 2 is 2.31 bits per heavy atom. The summed E-state index contributed by atoms with van der Waals surface area (Å²) < 4.78 is 5.38. The predicted molar refractivity (Wildman–Crippen MR) is 52.5 cm³/mol. The molecular formula is C10H20N2O. The molecule has 2 unspecified atom stereocenters. The van der Waals surface area contributed by atoms with Crippen molar-refractivity contribution in [1.82, 2.24) is 5.32 Å². The number of nitrogens with two attached hydrogens (primary N) is 1. The van der Waals surface area contributed by atoms with E-state index in [9.17, 15) is 0 Å². The molecule has 2 atom stereocenters. The number of nitrogens with one attached hydrogen (secondary N) is 1.